The van der Waals surface area contributed by atoms with Gasteiger partial charge in [0.25, 0.3) is 0 Å². The molecular weight excluding hydrogens is 490 g/mol. The first-order valence-corrected chi connectivity index (χ1v) is 13.3. The molecule has 4 N–H and O–H groups in total. The lowest BCUT2D eigenvalue weighted by atomic mass is 10.1. The molecule has 3 aromatic rings. The Hall–Kier alpha value is -3.28. The molecule has 0 aliphatic carbocycles. The van der Waals surface area contributed by atoms with Crippen LogP contribution in [0.2, 0.25) is 0 Å². The number of aromatic nitrogens is 4. The van der Waals surface area contributed by atoms with Gasteiger partial charge in [-0.2, -0.15) is 5.10 Å². The van der Waals surface area contributed by atoms with Crippen LogP contribution in [0.1, 0.15) is 61.9 Å². The van der Waals surface area contributed by atoms with Crippen LogP contribution in [0.5, 0.6) is 0 Å². The lowest BCUT2D eigenvalue weighted by Crippen LogP contribution is -2.29. The molecule has 0 fully saturated rings. The fourth-order valence-electron chi connectivity index (χ4n) is 3.69. The lowest BCUT2D eigenvalue weighted by Gasteiger charge is -2.15. The minimum Gasteiger partial charge on any atom is -0.379 e. The van der Waals surface area contributed by atoms with Crippen LogP contribution in [0.4, 0.5) is 10.9 Å². The molecule has 1 aromatic carbocycles. The van der Waals surface area contributed by atoms with Crippen LogP contribution < -0.4 is 16.0 Å². The molecule has 11 heteroatoms. The van der Waals surface area contributed by atoms with E-state index in [9.17, 15) is 14.7 Å². The van der Waals surface area contributed by atoms with E-state index in [-0.39, 0.29) is 18.2 Å². The summed E-state index contributed by atoms with van der Waals surface area (Å²) in [7, 11) is 0. The van der Waals surface area contributed by atoms with Crippen molar-refractivity contribution in [1.29, 1.82) is 0 Å². The van der Waals surface area contributed by atoms with Crippen molar-refractivity contribution in [3.8, 4) is 0 Å². The SMILES string of the molecule is CC(=O)Nc1ccc(CCCCc2nnc(NC(=O)Cc3cccc(CNC(O)CC(C)C)c3)s2)nn1. The Balaban J connectivity index is 1.38. The van der Waals surface area contributed by atoms with Crippen LogP contribution in [0.3, 0.4) is 0 Å². The second-order valence-corrected chi connectivity index (χ2v) is 10.4. The van der Waals surface area contributed by atoms with Crippen LogP contribution in [-0.2, 0) is 35.4 Å². The Morgan fingerprint density at radius 3 is 2.49 bits per heavy atom. The predicted octanol–water partition coefficient (Wildman–Crippen LogP) is 3.49. The Bertz CT molecular complexity index is 1150. The first-order valence-electron chi connectivity index (χ1n) is 12.5. The lowest BCUT2D eigenvalue weighted by molar-refractivity contribution is -0.116. The van der Waals surface area contributed by atoms with Gasteiger partial charge in [-0.1, -0.05) is 49.4 Å². The van der Waals surface area contributed by atoms with Gasteiger partial charge in [0.2, 0.25) is 16.9 Å². The van der Waals surface area contributed by atoms with Gasteiger partial charge in [0.1, 0.15) is 11.2 Å². The molecular formula is C26H35N7O3S. The van der Waals surface area contributed by atoms with Gasteiger partial charge in [-0.3, -0.25) is 14.9 Å². The molecule has 10 nitrogen and oxygen atoms in total. The number of unbranched alkanes of at least 4 members (excludes halogenated alkanes) is 1. The summed E-state index contributed by atoms with van der Waals surface area (Å²) in [5.41, 5.74) is 2.78. The van der Waals surface area contributed by atoms with Crippen molar-refractivity contribution in [3.05, 3.63) is 58.2 Å². The summed E-state index contributed by atoms with van der Waals surface area (Å²) in [6.07, 6.45) is 3.74. The Morgan fingerprint density at radius 1 is 0.973 bits per heavy atom. The zero-order chi connectivity index (χ0) is 26.6. The first kappa shape index (κ1) is 28.3. The third kappa shape index (κ3) is 10.7. The van der Waals surface area contributed by atoms with Crippen LogP contribution in [0.15, 0.2) is 36.4 Å². The number of amides is 2. The summed E-state index contributed by atoms with van der Waals surface area (Å²) in [4.78, 5) is 23.6. The number of hydrogen-bond donors (Lipinski definition) is 4. The van der Waals surface area contributed by atoms with Gasteiger partial charge in [-0.05, 0) is 54.9 Å². The molecule has 0 aliphatic rings. The van der Waals surface area contributed by atoms with Crippen molar-refractivity contribution in [1.82, 2.24) is 25.7 Å². The smallest absolute Gasteiger partial charge is 0.230 e. The standard InChI is InChI=1S/C26H35N7O3S/c1-17(2)13-23(35)27-16-20-8-6-7-19(14-20)15-24(36)29-26-33-32-25(37-26)10-5-4-9-21-11-12-22(31-30-21)28-18(3)34/h6-8,11-12,14,17,23,27,35H,4-5,9-10,13,15-16H2,1-3H3,(H,28,31,34)(H,29,33,36). The van der Waals surface area contributed by atoms with Gasteiger partial charge in [-0.25, -0.2) is 0 Å². The Labute approximate surface area is 221 Å². The molecule has 0 saturated heterocycles. The topological polar surface area (TPSA) is 142 Å². The number of carbonyl (C=O) groups excluding carboxylic acids is 2. The zero-order valence-electron chi connectivity index (χ0n) is 21.5. The second-order valence-electron chi connectivity index (χ2n) is 9.37. The molecule has 1 unspecified atom stereocenters. The molecule has 1 atom stereocenters. The number of carbonyl (C=O) groups is 2. The van der Waals surface area contributed by atoms with E-state index in [1.165, 1.54) is 18.3 Å². The maximum Gasteiger partial charge on any atom is 0.230 e. The summed E-state index contributed by atoms with van der Waals surface area (Å²) in [6, 6.07) is 11.4. The predicted molar refractivity (Wildman–Crippen MR) is 144 cm³/mol. The van der Waals surface area contributed by atoms with E-state index in [1.54, 1.807) is 6.07 Å². The van der Waals surface area contributed by atoms with E-state index >= 15 is 0 Å². The van der Waals surface area contributed by atoms with E-state index in [1.807, 2.05) is 30.3 Å². The molecule has 0 aliphatic heterocycles. The van der Waals surface area contributed by atoms with E-state index in [0.29, 0.717) is 29.8 Å². The number of anilines is 2. The average Bonchev–Trinajstić information content (AvgIpc) is 3.28. The zero-order valence-corrected chi connectivity index (χ0v) is 22.3. The maximum atomic E-state index is 12.5. The highest BCUT2D eigenvalue weighted by Gasteiger charge is 2.11. The van der Waals surface area contributed by atoms with Crippen LogP contribution in [0, 0.1) is 5.92 Å². The van der Waals surface area contributed by atoms with E-state index < -0.39 is 6.23 Å². The fraction of sp³-hybridized carbons (Fsp3) is 0.462. The first-order chi connectivity index (χ1) is 17.8. The number of benzene rings is 1. The molecule has 3 rings (SSSR count). The highest BCUT2D eigenvalue weighted by atomic mass is 32.1. The molecule has 37 heavy (non-hydrogen) atoms. The third-order valence-corrected chi connectivity index (χ3v) is 6.30. The normalized spacial score (nSPS) is 11.9. The maximum absolute atomic E-state index is 12.5. The quantitative estimate of drug-likeness (QED) is 0.185. The van der Waals surface area contributed by atoms with Crippen molar-refractivity contribution in [2.75, 3.05) is 10.6 Å². The molecule has 0 saturated carbocycles. The highest BCUT2D eigenvalue weighted by Crippen LogP contribution is 2.18. The molecule has 198 valence electrons. The van der Waals surface area contributed by atoms with Gasteiger partial charge in [-0.15, -0.1) is 15.3 Å². The Morgan fingerprint density at radius 2 is 1.76 bits per heavy atom. The van der Waals surface area contributed by atoms with Gasteiger partial charge in [0.05, 0.1) is 12.1 Å². The number of nitrogens with zero attached hydrogens (tertiary/aromatic N) is 4. The van der Waals surface area contributed by atoms with Crippen molar-refractivity contribution in [3.63, 3.8) is 0 Å². The monoisotopic (exact) mass is 525 g/mol. The number of aliphatic hydroxyl groups is 1. The van der Waals surface area contributed by atoms with Crippen LogP contribution >= 0.6 is 11.3 Å². The van der Waals surface area contributed by atoms with Gasteiger partial charge < -0.3 is 15.7 Å². The molecule has 2 aromatic heterocycles. The summed E-state index contributed by atoms with van der Waals surface area (Å²) in [5, 5.41) is 36.3. The van der Waals surface area contributed by atoms with E-state index in [0.717, 1.165) is 47.5 Å². The number of aliphatic hydroxyl groups excluding tert-OH is 1. The molecule has 0 spiro atoms. The van der Waals surface area contributed by atoms with E-state index in [4.69, 9.17) is 0 Å². The van der Waals surface area contributed by atoms with Crippen molar-refractivity contribution in [2.24, 2.45) is 5.92 Å². The summed E-state index contributed by atoms with van der Waals surface area (Å²) < 4.78 is 0. The minimum atomic E-state index is -0.546. The van der Waals surface area contributed by atoms with Gasteiger partial charge in [0.15, 0.2) is 5.82 Å². The molecule has 0 radical (unpaired) electrons. The average molecular weight is 526 g/mol. The number of aryl methyl sites for hydroxylation is 2. The van der Waals surface area contributed by atoms with Crippen molar-refractivity contribution in [2.45, 2.75) is 72.1 Å². The molecule has 2 heterocycles. The second kappa shape index (κ2) is 14.5. The van der Waals surface area contributed by atoms with Crippen LogP contribution in [-0.4, -0.2) is 43.5 Å². The van der Waals surface area contributed by atoms with Crippen molar-refractivity contribution < 1.29 is 14.7 Å². The summed E-state index contributed by atoms with van der Waals surface area (Å²) in [6.45, 7) is 6.11. The number of nitrogens with one attached hydrogen (secondary N) is 3. The largest absolute Gasteiger partial charge is 0.379 e. The number of rotatable bonds is 14. The summed E-state index contributed by atoms with van der Waals surface area (Å²) >= 11 is 1.38. The highest BCUT2D eigenvalue weighted by molar-refractivity contribution is 7.15. The van der Waals surface area contributed by atoms with Gasteiger partial charge >= 0.3 is 0 Å². The number of hydrogen-bond acceptors (Lipinski definition) is 9. The third-order valence-electron chi connectivity index (χ3n) is 5.40. The Kier molecular flexibility index (Phi) is 11.1. The van der Waals surface area contributed by atoms with Crippen molar-refractivity contribution >= 4 is 34.1 Å². The molecule has 0 bridgehead atoms. The fourth-order valence-corrected chi connectivity index (χ4v) is 4.49. The van der Waals surface area contributed by atoms with Gasteiger partial charge in [0, 0.05) is 19.9 Å². The summed E-state index contributed by atoms with van der Waals surface area (Å²) in [5.74, 6) is 0.537. The van der Waals surface area contributed by atoms with E-state index in [2.05, 4.69) is 50.2 Å². The molecule has 2 amide bonds. The van der Waals surface area contributed by atoms with Crippen LogP contribution in [0.25, 0.3) is 0 Å². The minimum absolute atomic E-state index is 0.145.